The Balaban J connectivity index is 1.32. The standard InChI is InChI=1S/C22H28N4O2/c27-21(14-20-9-11-23-24-20)25-12-5-8-18(15-25)19-10-13-26(16-19)22(28)17-6-3-1-2-4-7-17/h1-4,6-7,9,11,17-19H,5,8,10,12-16H2,(H,23,24). The van der Waals surface area contributed by atoms with E-state index in [0.29, 0.717) is 18.3 Å². The molecule has 2 atom stereocenters. The molecule has 28 heavy (non-hydrogen) atoms. The highest BCUT2D eigenvalue weighted by atomic mass is 16.2. The molecule has 2 unspecified atom stereocenters. The molecule has 1 aliphatic carbocycles. The Morgan fingerprint density at radius 2 is 1.75 bits per heavy atom. The van der Waals surface area contributed by atoms with Gasteiger partial charge in [-0.2, -0.15) is 5.10 Å². The van der Waals surface area contributed by atoms with Crippen LogP contribution in [0.5, 0.6) is 0 Å². The number of carbonyl (C=O) groups is 2. The Labute approximate surface area is 166 Å². The maximum atomic E-state index is 12.9. The van der Waals surface area contributed by atoms with Crippen LogP contribution in [0.1, 0.15) is 25.0 Å². The van der Waals surface area contributed by atoms with Crippen LogP contribution in [0.4, 0.5) is 0 Å². The van der Waals surface area contributed by atoms with Crippen LogP contribution in [0.25, 0.3) is 0 Å². The molecule has 2 fully saturated rings. The smallest absolute Gasteiger partial charge is 0.233 e. The van der Waals surface area contributed by atoms with Gasteiger partial charge in [0.05, 0.1) is 12.3 Å². The summed E-state index contributed by atoms with van der Waals surface area (Å²) < 4.78 is 0. The molecule has 3 aliphatic rings. The van der Waals surface area contributed by atoms with Crippen molar-refractivity contribution in [1.29, 1.82) is 0 Å². The van der Waals surface area contributed by atoms with Gasteiger partial charge in [-0.25, -0.2) is 0 Å². The Morgan fingerprint density at radius 1 is 1.00 bits per heavy atom. The summed E-state index contributed by atoms with van der Waals surface area (Å²) in [6.07, 6.45) is 17.0. The van der Waals surface area contributed by atoms with Crippen molar-refractivity contribution in [3.8, 4) is 0 Å². The fourth-order valence-corrected chi connectivity index (χ4v) is 4.59. The van der Waals surface area contributed by atoms with Crippen LogP contribution in [-0.4, -0.2) is 58.0 Å². The summed E-state index contributed by atoms with van der Waals surface area (Å²) in [5, 5.41) is 6.79. The van der Waals surface area contributed by atoms with Crippen molar-refractivity contribution in [3.05, 3.63) is 54.4 Å². The van der Waals surface area contributed by atoms with Gasteiger partial charge < -0.3 is 9.80 Å². The van der Waals surface area contributed by atoms with Gasteiger partial charge in [-0.1, -0.05) is 36.5 Å². The Hall–Kier alpha value is -2.63. The number of hydrogen-bond acceptors (Lipinski definition) is 3. The largest absolute Gasteiger partial charge is 0.342 e. The van der Waals surface area contributed by atoms with Gasteiger partial charge in [0.25, 0.3) is 0 Å². The molecule has 1 N–H and O–H groups in total. The summed E-state index contributed by atoms with van der Waals surface area (Å²) in [5.41, 5.74) is 0.865. The number of piperidine rings is 1. The first-order chi connectivity index (χ1) is 13.7. The summed E-state index contributed by atoms with van der Waals surface area (Å²) in [6.45, 7) is 3.29. The first kappa shape index (κ1) is 18.7. The molecular formula is C22H28N4O2. The summed E-state index contributed by atoms with van der Waals surface area (Å²) in [6, 6.07) is 1.85. The lowest BCUT2D eigenvalue weighted by Gasteiger charge is -2.36. The molecule has 6 nitrogen and oxygen atoms in total. The average molecular weight is 380 g/mol. The Bertz CT molecular complexity index is 764. The lowest BCUT2D eigenvalue weighted by atomic mass is 9.84. The molecular weight excluding hydrogens is 352 g/mol. The third-order valence-corrected chi connectivity index (χ3v) is 6.17. The predicted molar refractivity (Wildman–Crippen MR) is 107 cm³/mol. The van der Waals surface area contributed by atoms with Crippen LogP contribution in [0, 0.1) is 17.8 Å². The average Bonchev–Trinajstić information content (AvgIpc) is 3.34. The number of amides is 2. The molecule has 2 saturated heterocycles. The van der Waals surface area contributed by atoms with Gasteiger partial charge in [0, 0.05) is 38.1 Å². The second-order valence-electron chi connectivity index (χ2n) is 8.01. The zero-order valence-electron chi connectivity index (χ0n) is 16.2. The summed E-state index contributed by atoms with van der Waals surface area (Å²) in [7, 11) is 0. The summed E-state index contributed by atoms with van der Waals surface area (Å²) >= 11 is 0. The van der Waals surface area contributed by atoms with Crippen LogP contribution in [-0.2, 0) is 16.0 Å². The molecule has 0 bridgehead atoms. The second-order valence-corrected chi connectivity index (χ2v) is 8.01. The van der Waals surface area contributed by atoms with Gasteiger partial charge in [0.15, 0.2) is 0 Å². The van der Waals surface area contributed by atoms with Crippen LogP contribution in [0.15, 0.2) is 48.7 Å². The lowest BCUT2D eigenvalue weighted by Crippen LogP contribution is -2.43. The third-order valence-electron chi connectivity index (χ3n) is 6.17. The van der Waals surface area contributed by atoms with E-state index in [4.69, 9.17) is 0 Å². The van der Waals surface area contributed by atoms with Crippen molar-refractivity contribution in [2.75, 3.05) is 26.2 Å². The molecule has 0 aromatic carbocycles. The van der Waals surface area contributed by atoms with Crippen molar-refractivity contribution >= 4 is 11.8 Å². The fourth-order valence-electron chi connectivity index (χ4n) is 4.59. The maximum Gasteiger partial charge on any atom is 0.233 e. The number of nitrogens with one attached hydrogen (secondary N) is 1. The van der Waals surface area contributed by atoms with Gasteiger partial charge in [-0.3, -0.25) is 14.7 Å². The monoisotopic (exact) mass is 380 g/mol. The first-order valence-electron chi connectivity index (χ1n) is 10.3. The molecule has 1 aromatic rings. The quantitative estimate of drug-likeness (QED) is 0.872. The number of rotatable bonds is 4. The van der Waals surface area contributed by atoms with E-state index in [2.05, 4.69) is 10.2 Å². The normalized spacial score (nSPS) is 25.3. The molecule has 148 valence electrons. The van der Waals surface area contributed by atoms with E-state index in [0.717, 1.165) is 51.1 Å². The SMILES string of the molecule is O=C(Cc1ccn[nH]1)N1CCCC(C2CCN(C(=O)C3C=CC=CC=C3)C2)C1. The molecule has 4 rings (SSSR count). The zero-order chi connectivity index (χ0) is 19.3. The minimum atomic E-state index is -0.160. The van der Waals surface area contributed by atoms with Crippen LogP contribution < -0.4 is 0 Å². The summed E-state index contributed by atoms with van der Waals surface area (Å²) in [5.74, 6) is 1.18. The number of H-pyrrole nitrogens is 1. The van der Waals surface area contributed by atoms with E-state index < -0.39 is 0 Å². The van der Waals surface area contributed by atoms with E-state index in [1.807, 2.05) is 52.3 Å². The second kappa shape index (κ2) is 8.59. The Morgan fingerprint density at radius 3 is 2.50 bits per heavy atom. The van der Waals surface area contributed by atoms with Crippen molar-refractivity contribution < 1.29 is 9.59 Å². The van der Waals surface area contributed by atoms with E-state index in [1.54, 1.807) is 6.20 Å². The lowest BCUT2D eigenvalue weighted by molar-refractivity contribution is -0.134. The van der Waals surface area contributed by atoms with Crippen molar-refractivity contribution in [2.45, 2.75) is 25.7 Å². The zero-order valence-corrected chi connectivity index (χ0v) is 16.2. The molecule has 3 heterocycles. The minimum absolute atomic E-state index is 0.160. The molecule has 0 radical (unpaired) electrons. The van der Waals surface area contributed by atoms with Gasteiger partial charge >= 0.3 is 0 Å². The van der Waals surface area contributed by atoms with Crippen LogP contribution in [0.2, 0.25) is 0 Å². The minimum Gasteiger partial charge on any atom is -0.342 e. The van der Waals surface area contributed by atoms with Crippen molar-refractivity contribution in [3.63, 3.8) is 0 Å². The number of carbonyl (C=O) groups excluding carboxylic acids is 2. The number of aromatic amines is 1. The molecule has 2 amide bonds. The molecule has 0 saturated carbocycles. The van der Waals surface area contributed by atoms with Gasteiger partial charge in [0.1, 0.15) is 0 Å². The number of allylic oxidation sites excluding steroid dienone is 4. The summed E-state index contributed by atoms with van der Waals surface area (Å²) in [4.78, 5) is 29.5. The number of aromatic nitrogens is 2. The maximum absolute atomic E-state index is 12.9. The molecule has 6 heteroatoms. The van der Waals surface area contributed by atoms with E-state index >= 15 is 0 Å². The molecule has 1 aromatic heterocycles. The molecule has 0 spiro atoms. The number of likely N-dealkylation sites (tertiary alicyclic amines) is 2. The van der Waals surface area contributed by atoms with Crippen LogP contribution >= 0.6 is 0 Å². The molecule has 2 aliphatic heterocycles. The first-order valence-corrected chi connectivity index (χ1v) is 10.3. The van der Waals surface area contributed by atoms with Gasteiger partial charge in [0.2, 0.25) is 11.8 Å². The van der Waals surface area contributed by atoms with Crippen molar-refractivity contribution in [1.82, 2.24) is 20.0 Å². The highest BCUT2D eigenvalue weighted by Gasteiger charge is 2.36. The van der Waals surface area contributed by atoms with Crippen molar-refractivity contribution in [2.24, 2.45) is 17.8 Å². The highest BCUT2D eigenvalue weighted by molar-refractivity contribution is 5.83. The van der Waals surface area contributed by atoms with E-state index in [-0.39, 0.29) is 17.7 Å². The van der Waals surface area contributed by atoms with Crippen LogP contribution in [0.3, 0.4) is 0 Å². The van der Waals surface area contributed by atoms with E-state index in [1.165, 1.54) is 0 Å². The highest BCUT2D eigenvalue weighted by Crippen LogP contribution is 2.32. The fraction of sp³-hybridized carbons (Fsp3) is 0.500. The number of hydrogen-bond donors (Lipinski definition) is 1. The predicted octanol–water partition coefficient (Wildman–Crippen LogP) is 2.34. The van der Waals surface area contributed by atoms with Gasteiger partial charge in [-0.15, -0.1) is 0 Å². The van der Waals surface area contributed by atoms with Gasteiger partial charge in [-0.05, 0) is 37.2 Å². The Kier molecular flexibility index (Phi) is 5.74. The number of nitrogens with zero attached hydrogens (tertiary/aromatic N) is 3. The third kappa shape index (κ3) is 4.26. The van der Waals surface area contributed by atoms with E-state index in [9.17, 15) is 9.59 Å². The topological polar surface area (TPSA) is 69.3 Å².